The van der Waals surface area contributed by atoms with Gasteiger partial charge in [-0.05, 0) is 82.8 Å². The maximum Gasteiger partial charge on any atom is 0.189 e. The molecule has 1 aliphatic heterocycles. The topological polar surface area (TPSA) is 59.5 Å². The summed E-state index contributed by atoms with van der Waals surface area (Å²) in [5.41, 5.74) is 5.19. The summed E-state index contributed by atoms with van der Waals surface area (Å²) >= 11 is 0. The average Bonchev–Trinajstić information content (AvgIpc) is 2.80. The number of hydrogen-bond acceptors (Lipinski definition) is 6. The summed E-state index contributed by atoms with van der Waals surface area (Å²) in [4.78, 5) is 2.38. The number of hydrogen-bond donors (Lipinski definition) is 1. The number of fused-ring (bicyclic) bond motifs is 1. The molecule has 0 bridgehead atoms. The second-order valence-corrected chi connectivity index (χ2v) is 8.42. The maximum absolute atomic E-state index is 5.92. The number of terminal acetylenes is 1. The van der Waals surface area contributed by atoms with Gasteiger partial charge in [-0.1, -0.05) is 5.92 Å². The lowest BCUT2D eigenvalue weighted by Gasteiger charge is -2.31. The first kappa shape index (κ1) is 21.6. The smallest absolute Gasteiger partial charge is 0.189 e. The molecule has 2 heterocycles. The van der Waals surface area contributed by atoms with E-state index < -0.39 is 0 Å². The summed E-state index contributed by atoms with van der Waals surface area (Å²) in [5, 5.41) is 13.1. The van der Waals surface area contributed by atoms with Crippen molar-refractivity contribution in [3.8, 4) is 29.4 Å². The second kappa shape index (κ2) is 10.1. The molecule has 4 rings (SSSR count). The largest absolute Gasteiger partial charge is 0.467 e. The van der Waals surface area contributed by atoms with Gasteiger partial charge >= 0.3 is 0 Å². The molecule has 1 fully saturated rings. The third-order valence-corrected chi connectivity index (χ3v) is 6.16. The van der Waals surface area contributed by atoms with E-state index in [9.17, 15) is 0 Å². The molecule has 1 atom stereocenters. The van der Waals surface area contributed by atoms with Crippen molar-refractivity contribution in [2.75, 3.05) is 38.9 Å². The van der Waals surface area contributed by atoms with E-state index in [1.807, 2.05) is 25.1 Å². The van der Waals surface area contributed by atoms with Crippen LogP contribution in [-0.4, -0.2) is 54.7 Å². The van der Waals surface area contributed by atoms with E-state index in [1.165, 1.54) is 36.9 Å². The van der Waals surface area contributed by atoms with Crippen LogP contribution in [-0.2, 0) is 17.6 Å². The summed E-state index contributed by atoms with van der Waals surface area (Å²) in [6, 6.07) is 6.24. The second-order valence-electron chi connectivity index (χ2n) is 8.42. The molecule has 6 nitrogen and oxygen atoms in total. The Labute approximate surface area is 185 Å². The van der Waals surface area contributed by atoms with Crippen molar-refractivity contribution in [1.29, 1.82) is 0 Å². The highest BCUT2D eigenvalue weighted by Crippen LogP contribution is 2.37. The van der Waals surface area contributed by atoms with Crippen molar-refractivity contribution in [2.24, 2.45) is 0 Å². The number of rotatable bonds is 7. The quantitative estimate of drug-likeness (QED) is 0.417. The fourth-order valence-electron chi connectivity index (χ4n) is 4.57. The Kier molecular flexibility index (Phi) is 7.06. The number of aromatic nitrogens is 2. The highest BCUT2D eigenvalue weighted by atomic mass is 16.7. The van der Waals surface area contributed by atoms with Crippen LogP contribution in [0.25, 0.3) is 11.3 Å². The predicted molar refractivity (Wildman–Crippen MR) is 123 cm³/mol. The van der Waals surface area contributed by atoms with Crippen LogP contribution < -0.4 is 10.1 Å². The van der Waals surface area contributed by atoms with Gasteiger partial charge in [-0.25, -0.2) is 0 Å². The van der Waals surface area contributed by atoms with Crippen LogP contribution in [0.3, 0.4) is 0 Å². The molecule has 1 aromatic heterocycles. The number of benzene rings is 1. The lowest BCUT2D eigenvalue weighted by molar-refractivity contribution is 0.0227. The minimum absolute atomic E-state index is 0.183. The van der Waals surface area contributed by atoms with Gasteiger partial charge in [0.05, 0.1) is 0 Å². The number of nitrogens with one attached hydrogen (secondary N) is 1. The Morgan fingerprint density at radius 3 is 2.81 bits per heavy atom. The molecule has 0 spiro atoms. The van der Waals surface area contributed by atoms with Crippen LogP contribution in [0.15, 0.2) is 18.2 Å². The molecule has 2 aliphatic rings. The Hall–Kier alpha value is -2.62. The van der Waals surface area contributed by atoms with Gasteiger partial charge in [0.25, 0.3) is 0 Å². The van der Waals surface area contributed by atoms with Crippen molar-refractivity contribution in [2.45, 2.75) is 51.5 Å². The summed E-state index contributed by atoms with van der Waals surface area (Å²) in [7, 11) is 2.18. The van der Waals surface area contributed by atoms with Crippen LogP contribution >= 0.6 is 0 Å². The van der Waals surface area contributed by atoms with E-state index >= 15 is 0 Å². The van der Waals surface area contributed by atoms with Crippen LogP contribution in [0.5, 0.6) is 5.75 Å². The molecule has 0 radical (unpaired) electrons. The van der Waals surface area contributed by atoms with Gasteiger partial charge in [-0.2, -0.15) is 0 Å². The fraction of sp³-hybridized carbons (Fsp3) is 0.520. The normalized spacial score (nSPS) is 18.8. The van der Waals surface area contributed by atoms with Gasteiger partial charge in [0.2, 0.25) is 0 Å². The molecule has 164 valence electrons. The lowest BCUT2D eigenvalue weighted by atomic mass is 9.88. The number of likely N-dealkylation sites (tertiary alicyclic amines) is 1. The first-order chi connectivity index (χ1) is 15.2. The maximum atomic E-state index is 5.92. The molecular weight excluding hydrogens is 388 g/mol. The van der Waals surface area contributed by atoms with Gasteiger partial charge in [-0.3, -0.25) is 0 Å². The monoisotopic (exact) mass is 420 g/mol. The van der Waals surface area contributed by atoms with Crippen molar-refractivity contribution in [3.63, 3.8) is 0 Å². The molecule has 1 N–H and O–H groups in total. The van der Waals surface area contributed by atoms with Gasteiger partial charge in [-0.15, -0.1) is 16.6 Å². The van der Waals surface area contributed by atoms with Gasteiger partial charge in [0.15, 0.2) is 12.6 Å². The first-order valence-electron chi connectivity index (χ1n) is 11.3. The van der Waals surface area contributed by atoms with Crippen LogP contribution in [0, 0.1) is 12.3 Å². The Balaban J connectivity index is 1.68. The van der Waals surface area contributed by atoms with Crippen LogP contribution in [0.4, 0.5) is 5.82 Å². The molecule has 2 aromatic rings. The predicted octanol–water partition coefficient (Wildman–Crippen LogP) is 3.88. The standard InChI is InChI=1S/C25H32N4O2/c1-4-18-12-13-22(23(15-18)31-17-30-5-2)24-20-10-6-7-11-21(20)25(28-27-24)26-19-9-8-14-29(3)16-19/h1,12-13,15,19H,5-11,14,16-17H2,2-3H3,(H,26,28)/t19-/m1/s1. The van der Waals surface area contributed by atoms with Gasteiger partial charge < -0.3 is 19.7 Å². The Morgan fingerprint density at radius 1 is 1.19 bits per heavy atom. The molecule has 0 saturated carbocycles. The molecule has 1 aliphatic carbocycles. The molecule has 6 heteroatoms. The summed E-state index contributed by atoms with van der Waals surface area (Å²) < 4.78 is 11.3. The number of anilines is 1. The summed E-state index contributed by atoms with van der Waals surface area (Å²) in [6.45, 7) is 4.93. The van der Waals surface area contributed by atoms with Crippen molar-refractivity contribution < 1.29 is 9.47 Å². The zero-order valence-electron chi connectivity index (χ0n) is 18.6. The van der Waals surface area contributed by atoms with E-state index in [0.717, 1.165) is 48.4 Å². The van der Waals surface area contributed by atoms with Crippen molar-refractivity contribution >= 4 is 5.82 Å². The number of ether oxygens (including phenoxy) is 2. The Bertz CT molecular complexity index is 953. The van der Waals surface area contributed by atoms with Gasteiger partial charge in [0, 0.05) is 35.9 Å². The van der Waals surface area contributed by atoms with Crippen LogP contribution in [0.1, 0.15) is 49.3 Å². The molecular formula is C25H32N4O2. The van der Waals surface area contributed by atoms with E-state index in [-0.39, 0.29) is 6.79 Å². The third-order valence-electron chi connectivity index (χ3n) is 6.16. The first-order valence-corrected chi connectivity index (χ1v) is 11.3. The minimum Gasteiger partial charge on any atom is -0.467 e. The zero-order chi connectivity index (χ0) is 21.6. The molecule has 0 amide bonds. The average molecular weight is 421 g/mol. The molecule has 31 heavy (non-hydrogen) atoms. The van der Waals surface area contributed by atoms with E-state index in [0.29, 0.717) is 18.4 Å². The zero-order valence-corrected chi connectivity index (χ0v) is 18.6. The minimum atomic E-state index is 0.183. The SMILES string of the molecule is C#Cc1ccc(-c2nnc(N[C@@H]3CCCN(C)C3)c3c2CCCC3)c(OCOCC)c1. The van der Waals surface area contributed by atoms with Crippen molar-refractivity contribution in [1.82, 2.24) is 15.1 Å². The van der Waals surface area contributed by atoms with Crippen LogP contribution in [0.2, 0.25) is 0 Å². The Morgan fingerprint density at radius 2 is 2.03 bits per heavy atom. The fourth-order valence-corrected chi connectivity index (χ4v) is 4.57. The van der Waals surface area contributed by atoms with E-state index in [4.69, 9.17) is 21.0 Å². The summed E-state index contributed by atoms with van der Waals surface area (Å²) in [5.74, 6) is 4.34. The molecule has 1 aromatic carbocycles. The number of nitrogens with zero attached hydrogens (tertiary/aromatic N) is 3. The molecule has 1 saturated heterocycles. The van der Waals surface area contributed by atoms with E-state index in [1.54, 1.807) is 0 Å². The van der Waals surface area contributed by atoms with Gasteiger partial charge in [0.1, 0.15) is 11.4 Å². The number of piperidine rings is 1. The molecule has 0 unspecified atom stereocenters. The number of likely N-dealkylation sites (N-methyl/N-ethyl adjacent to an activating group) is 1. The lowest BCUT2D eigenvalue weighted by Crippen LogP contribution is -2.40. The highest BCUT2D eigenvalue weighted by molar-refractivity contribution is 5.74. The third kappa shape index (κ3) is 5.00. The highest BCUT2D eigenvalue weighted by Gasteiger charge is 2.25. The van der Waals surface area contributed by atoms with E-state index in [2.05, 4.69) is 28.3 Å². The van der Waals surface area contributed by atoms with Crippen molar-refractivity contribution in [3.05, 3.63) is 34.9 Å². The summed E-state index contributed by atoms with van der Waals surface area (Å²) in [6.07, 6.45) is 12.4.